The van der Waals surface area contributed by atoms with Crippen LogP contribution in [-0.4, -0.2) is 24.4 Å². The summed E-state index contributed by atoms with van der Waals surface area (Å²) in [6.07, 6.45) is 0.819. The third kappa shape index (κ3) is 2.31. The number of hydrogen-bond acceptors (Lipinski definition) is 4. The molecule has 0 aromatic heterocycles. The molecule has 0 unspecified atom stereocenters. The van der Waals surface area contributed by atoms with Crippen molar-refractivity contribution in [3.05, 3.63) is 17.7 Å². The lowest BCUT2D eigenvalue weighted by Gasteiger charge is -2.11. The maximum absolute atomic E-state index is 11.2. The molecule has 0 fully saturated rings. The van der Waals surface area contributed by atoms with Crippen LogP contribution in [-0.2, 0) is 4.79 Å². The monoisotopic (exact) mass is 223 g/mol. The minimum atomic E-state index is -0.286. The number of rotatable bonds is 4. The maximum atomic E-state index is 11.2. The summed E-state index contributed by atoms with van der Waals surface area (Å²) >= 11 is 0. The van der Waals surface area contributed by atoms with E-state index in [1.165, 1.54) is 19.2 Å². The molecule has 0 aliphatic rings. The number of anilines is 1. The Bertz CT molecular complexity index is 415. The average Bonchev–Trinajstić information content (AvgIpc) is 2.31. The van der Waals surface area contributed by atoms with E-state index in [4.69, 9.17) is 4.74 Å². The molecule has 0 aliphatic carbocycles. The van der Waals surface area contributed by atoms with Gasteiger partial charge in [-0.05, 0) is 12.1 Å². The van der Waals surface area contributed by atoms with E-state index >= 15 is 0 Å². The first-order valence-corrected chi connectivity index (χ1v) is 4.79. The summed E-state index contributed by atoms with van der Waals surface area (Å²) in [6.45, 7) is 1.67. The molecule has 0 heterocycles. The number of carbonyl (C=O) groups is 2. The van der Waals surface area contributed by atoms with Gasteiger partial charge in [0, 0.05) is 12.0 Å². The second-order valence-corrected chi connectivity index (χ2v) is 3.10. The molecular formula is C11H13NO4. The Labute approximate surface area is 93.0 Å². The summed E-state index contributed by atoms with van der Waals surface area (Å²) < 4.78 is 4.88. The molecule has 86 valence electrons. The normalized spacial score (nSPS) is 9.62. The van der Waals surface area contributed by atoms with Crippen LogP contribution in [0.1, 0.15) is 23.7 Å². The van der Waals surface area contributed by atoms with E-state index in [0.29, 0.717) is 6.29 Å². The summed E-state index contributed by atoms with van der Waals surface area (Å²) in [7, 11) is 1.39. The van der Waals surface area contributed by atoms with Crippen molar-refractivity contribution >= 4 is 17.9 Å². The molecule has 1 amide bonds. The first kappa shape index (κ1) is 12.0. The zero-order valence-electron chi connectivity index (χ0n) is 9.11. The molecule has 0 aliphatic heterocycles. The number of aldehydes is 1. The van der Waals surface area contributed by atoms with E-state index < -0.39 is 0 Å². The van der Waals surface area contributed by atoms with Crippen molar-refractivity contribution in [1.29, 1.82) is 0 Å². The quantitative estimate of drug-likeness (QED) is 0.600. The summed E-state index contributed by atoms with van der Waals surface area (Å²) in [6, 6.07) is 2.93. The highest BCUT2D eigenvalue weighted by Gasteiger charge is 2.14. The molecule has 0 saturated heterocycles. The Kier molecular flexibility index (Phi) is 3.88. The van der Waals surface area contributed by atoms with Gasteiger partial charge in [0.25, 0.3) is 0 Å². The molecule has 1 rings (SSSR count). The number of amides is 1. The molecule has 16 heavy (non-hydrogen) atoms. The van der Waals surface area contributed by atoms with Crippen LogP contribution in [0.5, 0.6) is 11.5 Å². The second-order valence-electron chi connectivity index (χ2n) is 3.10. The fourth-order valence-corrected chi connectivity index (χ4v) is 1.21. The molecule has 0 radical (unpaired) electrons. The van der Waals surface area contributed by atoms with Gasteiger partial charge in [-0.25, -0.2) is 0 Å². The molecule has 1 aromatic rings. The smallest absolute Gasteiger partial charge is 0.224 e. The van der Waals surface area contributed by atoms with Crippen LogP contribution < -0.4 is 10.1 Å². The highest BCUT2D eigenvalue weighted by molar-refractivity contribution is 5.99. The fourth-order valence-electron chi connectivity index (χ4n) is 1.21. The van der Waals surface area contributed by atoms with Crippen molar-refractivity contribution in [2.45, 2.75) is 13.3 Å². The molecule has 0 saturated carbocycles. The number of nitrogens with one attached hydrogen (secondary N) is 1. The predicted octanol–water partition coefficient (Wildman–Crippen LogP) is 1.56. The van der Waals surface area contributed by atoms with Gasteiger partial charge in [-0.15, -0.1) is 0 Å². The number of methoxy groups -OCH3 is 1. The molecule has 5 nitrogen and oxygen atoms in total. The average molecular weight is 223 g/mol. The van der Waals surface area contributed by atoms with Crippen molar-refractivity contribution in [1.82, 2.24) is 0 Å². The van der Waals surface area contributed by atoms with E-state index in [1.807, 2.05) is 0 Å². The Morgan fingerprint density at radius 3 is 2.75 bits per heavy atom. The third-order valence-electron chi connectivity index (χ3n) is 2.11. The molecule has 2 N–H and O–H groups in total. The topological polar surface area (TPSA) is 75.6 Å². The minimum absolute atomic E-state index is 0.0844. The van der Waals surface area contributed by atoms with Crippen molar-refractivity contribution < 1.29 is 19.4 Å². The molecule has 0 spiro atoms. The molecule has 0 atom stereocenters. The van der Waals surface area contributed by atoms with Crippen LogP contribution in [0.2, 0.25) is 0 Å². The number of carbonyl (C=O) groups excluding carboxylic acids is 2. The van der Waals surface area contributed by atoms with Crippen LogP contribution in [0, 0.1) is 0 Å². The van der Waals surface area contributed by atoms with Crippen molar-refractivity contribution in [2.75, 3.05) is 12.4 Å². The Balaban J connectivity index is 3.20. The van der Waals surface area contributed by atoms with E-state index in [0.717, 1.165) is 0 Å². The van der Waals surface area contributed by atoms with Gasteiger partial charge < -0.3 is 15.2 Å². The Morgan fingerprint density at radius 2 is 2.25 bits per heavy atom. The summed E-state index contributed by atoms with van der Waals surface area (Å²) in [5.74, 6) is -0.322. The van der Waals surface area contributed by atoms with E-state index in [2.05, 4.69) is 5.32 Å². The fraction of sp³-hybridized carbons (Fsp3) is 0.273. The van der Waals surface area contributed by atoms with E-state index in [-0.39, 0.29) is 35.1 Å². The van der Waals surface area contributed by atoms with Crippen LogP contribution in [0.3, 0.4) is 0 Å². The minimum Gasteiger partial charge on any atom is -0.503 e. The van der Waals surface area contributed by atoms with Gasteiger partial charge in [0.15, 0.2) is 17.8 Å². The third-order valence-corrected chi connectivity index (χ3v) is 2.11. The zero-order chi connectivity index (χ0) is 12.1. The molecule has 0 bridgehead atoms. The van der Waals surface area contributed by atoms with Crippen molar-refractivity contribution in [2.24, 2.45) is 0 Å². The Hall–Kier alpha value is -2.04. The number of phenols is 1. The lowest BCUT2D eigenvalue weighted by atomic mass is 10.1. The summed E-state index contributed by atoms with van der Waals surface area (Å²) in [4.78, 5) is 22.0. The van der Waals surface area contributed by atoms with Crippen LogP contribution in [0.25, 0.3) is 0 Å². The molecular weight excluding hydrogens is 210 g/mol. The van der Waals surface area contributed by atoms with E-state index in [1.54, 1.807) is 6.92 Å². The Morgan fingerprint density at radius 1 is 1.56 bits per heavy atom. The first-order chi connectivity index (χ1) is 7.63. The van der Waals surface area contributed by atoms with Gasteiger partial charge in [0.2, 0.25) is 5.91 Å². The highest BCUT2D eigenvalue weighted by atomic mass is 16.5. The van der Waals surface area contributed by atoms with Crippen LogP contribution in [0.15, 0.2) is 12.1 Å². The van der Waals surface area contributed by atoms with Gasteiger partial charge in [-0.1, -0.05) is 6.92 Å². The molecule has 1 aromatic carbocycles. The van der Waals surface area contributed by atoms with Crippen molar-refractivity contribution in [3.8, 4) is 11.5 Å². The molecule has 5 heteroatoms. The van der Waals surface area contributed by atoms with E-state index in [9.17, 15) is 14.7 Å². The number of phenolic OH excluding ortho intramolecular Hbond substituents is 1. The SMILES string of the molecule is CCC(=O)Nc1c(C=O)ccc(OC)c1O. The summed E-state index contributed by atoms with van der Waals surface area (Å²) in [5, 5.41) is 12.2. The zero-order valence-corrected chi connectivity index (χ0v) is 9.11. The van der Waals surface area contributed by atoms with Crippen LogP contribution in [0.4, 0.5) is 5.69 Å². The number of aromatic hydroxyl groups is 1. The van der Waals surface area contributed by atoms with Crippen LogP contribution >= 0.6 is 0 Å². The van der Waals surface area contributed by atoms with Gasteiger partial charge in [-0.2, -0.15) is 0 Å². The van der Waals surface area contributed by atoms with Gasteiger partial charge in [0.1, 0.15) is 0 Å². The standard InChI is InChI=1S/C11H13NO4/c1-3-9(14)12-10-7(6-13)4-5-8(16-2)11(10)15/h4-6,15H,3H2,1-2H3,(H,12,14). The largest absolute Gasteiger partial charge is 0.503 e. The predicted molar refractivity (Wildman–Crippen MR) is 59.0 cm³/mol. The first-order valence-electron chi connectivity index (χ1n) is 4.79. The number of hydrogen-bond donors (Lipinski definition) is 2. The van der Waals surface area contributed by atoms with Crippen molar-refractivity contribution in [3.63, 3.8) is 0 Å². The lowest BCUT2D eigenvalue weighted by molar-refractivity contribution is -0.115. The summed E-state index contributed by atoms with van der Waals surface area (Å²) in [5.41, 5.74) is 0.293. The second kappa shape index (κ2) is 5.16. The maximum Gasteiger partial charge on any atom is 0.224 e. The highest BCUT2D eigenvalue weighted by Crippen LogP contribution is 2.36. The number of benzene rings is 1. The van der Waals surface area contributed by atoms with Gasteiger partial charge in [0.05, 0.1) is 12.8 Å². The lowest BCUT2D eigenvalue weighted by Crippen LogP contribution is -2.11. The number of ether oxygens (including phenoxy) is 1. The van der Waals surface area contributed by atoms with Gasteiger partial charge >= 0.3 is 0 Å². The van der Waals surface area contributed by atoms with Gasteiger partial charge in [-0.3, -0.25) is 9.59 Å².